The zero-order valence-corrected chi connectivity index (χ0v) is 17.9. The Morgan fingerprint density at radius 1 is 0.765 bits per heavy atom. The molecule has 0 radical (unpaired) electrons. The Balaban J connectivity index is 1.87. The van der Waals surface area contributed by atoms with Gasteiger partial charge in [0.1, 0.15) is 34.9 Å². The SMILES string of the molecule is CCCCOCc1cc(F)c(C#Cc2ccc(-c3cc(F)c(C#N)c(F)c3F)c(F)c2)c(F)c1. The number of hydrogen-bond acceptors (Lipinski definition) is 2. The van der Waals surface area contributed by atoms with E-state index in [0.29, 0.717) is 18.2 Å². The predicted molar refractivity (Wildman–Crippen MR) is 113 cm³/mol. The van der Waals surface area contributed by atoms with Gasteiger partial charge in [-0.25, -0.2) is 26.3 Å². The number of halogens is 6. The van der Waals surface area contributed by atoms with E-state index in [4.69, 9.17) is 10.00 Å². The monoisotopic (exact) mass is 473 g/mol. The fourth-order valence-corrected chi connectivity index (χ4v) is 3.10. The number of unbranched alkanes of at least 4 members (excludes halogenated alkanes) is 1. The van der Waals surface area contributed by atoms with E-state index >= 15 is 0 Å². The van der Waals surface area contributed by atoms with E-state index in [0.717, 1.165) is 37.1 Å². The minimum atomic E-state index is -1.73. The van der Waals surface area contributed by atoms with Crippen LogP contribution < -0.4 is 0 Å². The van der Waals surface area contributed by atoms with Gasteiger partial charge >= 0.3 is 0 Å². The number of benzene rings is 3. The Morgan fingerprint density at radius 2 is 1.44 bits per heavy atom. The molecule has 0 saturated carbocycles. The summed E-state index contributed by atoms with van der Waals surface area (Å²) in [7, 11) is 0. The molecule has 0 atom stereocenters. The van der Waals surface area contributed by atoms with Crippen molar-refractivity contribution in [3.63, 3.8) is 0 Å². The molecule has 174 valence electrons. The lowest BCUT2D eigenvalue weighted by Gasteiger charge is -2.08. The summed E-state index contributed by atoms with van der Waals surface area (Å²) in [6, 6.07) is 6.96. The van der Waals surface area contributed by atoms with Crippen LogP contribution in [0.3, 0.4) is 0 Å². The summed E-state index contributed by atoms with van der Waals surface area (Å²) >= 11 is 0. The fraction of sp³-hybridized carbons (Fsp3) is 0.192. The van der Waals surface area contributed by atoms with E-state index in [2.05, 4.69) is 11.8 Å². The number of ether oxygens (including phenoxy) is 1. The highest BCUT2D eigenvalue weighted by molar-refractivity contribution is 5.67. The van der Waals surface area contributed by atoms with Gasteiger partial charge in [0, 0.05) is 23.3 Å². The second-order valence-corrected chi connectivity index (χ2v) is 7.31. The van der Waals surface area contributed by atoms with Gasteiger partial charge in [-0.3, -0.25) is 0 Å². The van der Waals surface area contributed by atoms with E-state index in [-0.39, 0.29) is 12.2 Å². The minimum absolute atomic E-state index is 0.0120. The van der Waals surface area contributed by atoms with Crippen LogP contribution in [-0.4, -0.2) is 6.61 Å². The summed E-state index contributed by atoms with van der Waals surface area (Å²) in [5, 5.41) is 8.70. The van der Waals surface area contributed by atoms with Gasteiger partial charge in [0.05, 0.1) is 12.2 Å². The zero-order valence-electron chi connectivity index (χ0n) is 17.9. The predicted octanol–water partition coefficient (Wildman–Crippen LogP) is 6.78. The van der Waals surface area contributed by atoms with Crippen molar-refractivity contribution in [1.29, 1.82) is 5.26 Å². The molecule has 0 aromatic heterocycles. The number of nitriles is 1. The highest BCUT2D eigenvalue weighted by atomic mass is 19.2. The zero-order chi connectivity index (χ0) is 24.8. The molecule has 3 aromatic rings. The molecule has 0 aliphatic heterocycles. The Kier molecular flexibility index (Phi) is 7.99. The lowest BCUT2D eigenvalue weighted by Crippen LogP contribution is -2.00. The maximum Gasteiger partial charge on any atom is 0.180 e. The molecule has 3 aromatic carbocycles. The van der Waals surface area contributed by atoms with Crippen LogP contribution in [0.1, 0.15) is 42.0 Å². The molecule has 0 spiro atoms. The molecule has 0 amide bonds. The molecule has 0 aliphatic rings. The molecule has 8 heteroatoms. The van der Waals surface area contributed by atoms with E-state index in [9.17, 15) is 26.3 Å². The maximum absolute atomic E-state index is 14.6. The topological polar surface area (TPSA) is 33.0 Å². The quantitative estimate of drug-likeness (QED) is 0.171. The molecule has 0 N–H and O–H groups in total. The van der Waals surface area contributed by atoms with Gasteiger partial charge in [-0.1, -0.05) is 31.3 Å². The van der Waals surface area contributed by atoms with E-state index < -0.39 is 57.2 Å². The average molecular weight is 473 g/mol. The third-order valence-electron chi connectivity index (χ3n) is 4.87. The summed E-state index contributed by atoms with van der Waals surface area (Å²) in [4.78, 5) is 0. The summed E-state index contributed by atoms with van der Waals surface area (Å²) in [6.45, 7) is 2.50. The van der Waals surface area contributed by atoms with Crippen molar-refractivity contribution in [3.05, 3.63) is 93.6 Å². The van der Waals surface area contributed by atoms with Gasteiger partial charge in [-0.2, -0.15) is 5.26 Å². The Hall–Kier alpha value is -3.75. The molecule has 0 saturated heterocycles. The smallest absolute Gasteiger partial charge is 0.180 e. The van der Waals surface area contributed by atoms with Gasteiger partial charge in [0.15, 0.2) is 11.6 Å². The van der Waals surface area contributed by atoms with Crippen molar-refractivity contribution >= 4 is 0 Å². The second-order valence-electron chi connectivity index (χ2n) is 7.31. The molecule has 0 unspecified atom stereocenters. The van der Waals surface area contributed by atoms with Gasteiger partial charge in [-0.15, -0.1) is 0 Å². The van der Waals surface area contributed by atoms with Crippen molar-refractivity contribution in [2.75, 3.05) is 6.61 Å². The third kappa shape index (κ3) is 5.41. The van der Waals surface area contributed by atoms with Gasteiger partial charge < -0.3 is 4.74 Å². The lowest BCUT2D eigenvalue weighted by atomic mass is 10.00. The maximum atomic E-state index is 14.6. The molecule has 0 bridgehead atoms. The van der Waals surface area contributed by atoms with E-state index in [1.807, 2.05) is 6.92 Å². The van der Waals surface area contributed by atoms with Crippen LogP contribution in [0.4, 0.5) is 26.3 Å². The molecule has 0 aliphatic carbocycles. The van der Waals surface area contributed by atoms with Crippen LogP contribution in [0, 0.1) is 58.1 Å². The standard InChI is InChI=1S/C26H17F6NO/c1-2-3-8-34-14-16-10-22(28)18(23(29)11-16)7-5-15-4-6-17(21(27)9-15)19-12-24(30)20(13-33)26(32)25(19)31/h4,6,9-12H,2-3,8,14H2,1H3. The first-order chi connectivity index (χ1) is 16.3. The number of nitrogens with zero attached hydrogens (tertiary/aromatic N) is 1. The summed E-state index contributed by atoms with van der Waals surface area (Å²) in [5.74, 6) is -2.85. The van der Waals surface area contributed by atoms with E-state index in [1.54, 1.807) is 0 Å². The molecule has 0 heterocycles. The number of hydrogen-bond donors (Lipinski definition) is 0. The Bertz CT molecular complexity index is 1310. The summed E-state index contributed by atoms with van der Waals surface area (Å²) in [6.07, 6.45) is 1.75. The highest BCUT2D eigenvalue weighted by Gasteiger charge is 2.21. The molecule has 0 fully saturated rings. The molecular formula is C26H17F6NO. The summed E-state index contributed by atoms with van der Waals surface area (Å²) in [5.41, 5.74) is -2.55. The Labute approximate surface area is 192 Å². The van der Waals surface area contributed by atoms with Gasteiger partial charge in [-0.05, 0) is 42.3 Å². The van der Waals surface area contributed by atoms with Crippen molar-refractivity contribution < 1.29 is 31.1 Å². The van der Waals surface area contributed by atoms with Crippen molar-refractivity contribution in [2.24, 2.45) is 0 Å². The van der Waals surface area contributed by atoms with Crippen LogP contribution in [0.2, 0.25) is 0 Å². The highest BCUT2D eigenvalue weighted by Crippen LogP contribution is 2.30. The van der Waals surface area contributed by atoms with Crippen LogP contribution in [0.15, 0.2) is 36.4 Å². The number of rotatable bonds is 6. The first-order valence-electron chi connectivity index (χ1n) is 10.2. The lowest BCUT2D eigenvalue weighted by molar-refractivity contribution is 0.117. The van der Waals surface area contributed by atoms with Crippen molar-refractivity contribution in [3.8, 4) is 29.0 Å². The van der Waals surface area contributed by atoms with E-state index in [1.165, 1.54) is 12.1 Å². The van der Waals surface area contributed by atoms with Gasteiger partial charge in [0.25, 0.3) is 0 Å². The van der Waals surface area contributed by atoms with Crippen LogP contribution in [-0.2, 0) is 11.3 Å². The first-order valence-corrected chi connectivity index (χ1v) is 10.2. The Morgan fingerprint density at radius 3 is 2.06 bits per heavy atom. The van der Waals surface area contributed by atoms with Crippen LogP contribution in [0.25, 0.3) is 11.1 Å². The first kappa shape index (κ1) is 24.9. The molecular weight excluding hydrogens is 456 g/mol. The molecule has 3 rings (SSSR count). The second kappa shape index (κ2) is 10.9. The van der Waals surface area contributed by atoms with Crippen LogP contribution in [0.5, 0.6) is 0 Å². The molecule has 2 nitrogen and oxygen atoms in total. The minimum Gasteiger partial charge on any atom is -0.377 e. The van der Waals surface area contributed by atoms with Gasteiger partial charge in [0.2, 0.25) is 0 Å². The average Bonchev–Trinajstić information content (AvgIpc) is 2.79. The van der Waals surface area contributed by atoms with Crippen molar-refractivity contribution in [1.82, 2.24) is 0 Å². The normalized spacial score (nSPS) is 10.5. The van der Waals surface area contributed by atoms with Crippen molar-refractivity contribution in [2.45, 2.75) is 26.4 Å². The third-order valence-corrected chi connectivity index (χ3v) is 4.87. The summed E-state index contributed by atoms with van der Waals surface area (Å²) < 4.78 is 90.5. The largest absolute Gasteiger partial charge is 0.377 e. The fourth-order valence-electron chi connectivity index (χ4n) is 3.10. The van der Waals surface area contributed by atoms with Crippen LogP contribution >= 0.6 is 0 Å². The molecule has 34 heavy (non-hydrogen) atoms.